The Labute approximate surface area is 246 Å². The van der Waals surface area contributed by atoms with Crippen LogP contribution in [-0.2, 0) is 38.8 Å². The Hall–Kier alpha value is -4.71. The summed E-state index contributed by atoms with van der Waals surface area (Å²) in [6.45, 7) is 1.17. The molecule has 6 rings (SSSR count). The van der Waals surface area contributed by atoms with E-state index in [0.29, 0.717) is 13.2 Å². The molecule has 3 heterocycles. The minimum absolute atomic E-state index is 0.0980. The number of imidazole rings is 1. The van der Waals surface area contributed by atoms with Gasteiger partial charge < -0.3 is 18.9 Å². The summed E-state index contributed by atoms with van der Waals surface area (Å²) < 4.78 is 41.7. The molecule has 12 heteroatoms. The molecule has 218 valence electrons. The Bertz CT molecular complexity index is 1680. The van der Waals surface area contributed by atoms with Crippen LogP contribution in [0.5, 0.6) is 0 Å². The molecule has 1 aliphatic rings. The Morgan fingerprint density at radius 3 is 2.00 bits per heavy atom. The molecule has 11 nitrogen and oxygen atoms in total. The van der Waals surface area contributed by atoms with E-state index in [9.17, 15) is 4.39 Å². The highest BCUT2D eigenvalue weighted by Gasteiger charge is 2.48. The summed E-state index contributed by atoms with van der Waals surface area (Å²) in [4.78, 5) is 14.6. The lowest BCUT2D eigenvalue weighted by atomic mass is 10.1. The van der Waals surface area contributed by atoms with Crippen LogP contribution in [0.1, 0.15) is 22.9 Å². The van der Waals surface area contributed by atoms with E-state index in [4.69, 9.17) is 24.5 Å². The lowest BCUT2D eigenvalue weighted by Crippen LogP contribution is -2.38. The van der Waals surface area contributed by atoms with Crippen LogP contribution >= 0.6 is 0 Å². The van der Waals surface area contributed by atoms with E-state index in [2.05, 4.69) is 25.0 Å². The van der Waals surface area contributed by atoms with E-state index in [0.717, 1.165) is 16.7 Å². The Balaban J connectivity index is 1.34. The van der Waals surface area contributed by atoms with Crippen LogP contribution in [0.4, 0.5) is 10.2 Å². The highest BCUT2D eigenvalue weighted by molar-refractivity contribution is 5.80. The normalized spacial score (nSPS) is 19.8. The Morgan fingerprint density at radius 1 is 0.814 bits per heavy atom. The summed E-state index contributed by atoms with van der Waals surface area (Å²) in [5.41, 5.74) is 12.2. The van der Waals surface area contributed by atoms with Crippen LogP contribution in [0.25, 0.3) is 21.6 Å². The number of hydrogen-bond acceptors (Lipinski definition) is 8. The number of fused-ring (bicyclic) bond motifs is 1. The van der Waals surface area contributed by atoms with Gasteiger partial charge in [0.1, 0.15) is 23.8 Å². The number of aromatic nitrogens is 4. The van der Waals surface area contributed by atoms with Gasteiger partial charge in [-0.1, -0.05) is 91.0 Å². The minimum Gasteiger partial charge on any atom is -0.374 e. The van der Waals surface area contributed by atoms with E-state index in [1.807, 2.05) is 91.0 Å². The zero-order valence-corrected chi connectivity index (χ0v) is 23.0. The van der Waals surface area contributed by atoms with Gasteiger partial charge in [-0.25, -0.2) is 4.98 Å². The van der Waals surface area contributed by atoms with E-state index < -0.39 is 30.6 Å². The Morgan fingerprint density at radius 2 is 1.40 bits per heavy atom. The highest BCUT2D eigenvalue weighted by Crippen LogP contribution is 2.37. The van der Waals surface area contributed by atoms with Crippen molar-refractivity contribution in [3.05, 3.63) is 131 Å². The third kappa shape index (κ3) is 6.69. The third-order valence-electron chi connectivity index (χ3n) is 7.04. The SMILES string of the molecule is [N-]=[N+]=Nc1nc(F)nc2c1ncn2[C@@H]1O[C@H](COCc2ccccc2)[C@@H](OCc2ccccc2)[C@@H]1OCc1ccccc1. The average molecular weight is 582 g/mol. The molecule has 5 aromatic rings. The van der Waals surface area contributed by atoms with Crippen molar-refractivity contribution in [3.8, 4) is 0 Å². The van der Waals surface area contributed by atoms with Crippen molar-refractivity contribution in [1.29, 1.82) is 0 Å². The van der Waals surface area contributed by atoms with Crippen molar-refractivity contribution >= 4 is 17.0 Å². The quantitative estimate of drug-likeness (QED) is 0.0743. The molecule has 0 saturated carbocycles. The number of benzene rings is 3. The van der Waals surface area contributed by atoms with Crippen LogP contribution in [0, 0.1) is 6.08 Å². The summed E-state index contributed by atoms with van der Waals surface area (Å²) >= 11 is 0. The molecule has 43 heavy (non-hydrogen) atoms. The first-order chi connectivity index (χ1) is 21.2. The van der Waals surface area contributed by atoms with Crippen LogP contribution in [0.3, 0.4) is 0 Å². The van der Waals surface area contributed by atoms with E-state index >= 15 is 0 Å². The molecule has 0 spiro atoms. The van der Waals surface area contributed by atoms with Crippen molar-refractivity contribution in [1.82, 2.24) is 19.5 Å². The standard InChI is InChI=1S/C31H28FN7O4/c32-31-35-28(37-38-33)25-29(36-31)39(20-34-25)30-27(42-18-23-14-8-3-9-15-23)26(41-17-22-12-6-2-7-13-22)24(43-30)19-40-16-21-10-4-1-5-11-21/h1-15,20,24,26-27,30H,16-19H2/t24-,26-,27+,30-/m1/s1. The first-order valence-electron chi connectivity index (χ1n) is 13.7. The second-order valence-electron chi connectivity index (χ2n) is 9.92. The largest absolute Gasteiger partial charge is 0.374 e. The average Bonchev–Trinajstić information content (AvgIpc) is 3.61. The van der Waals surface area contributed by atoms with Crippen LogP contribution in [0.2, 0.25) is 0 Å². The topological polar surface area (TPSA) is 129 Å². The molecule has 1 saturated heterocycles. The van der Waals surface area contributed by atoms with Crippen molar-refractivity contribution in [3.63, 3.8) is 0 Å². The number of ether oxygens (including phenoxy) is 4. The summed E-state index contributed by atoms with van der Waals surface area (Å²) in [7, 11) is 0. The molecule has 0 unspecified atom stereocenters. The third-order valence-corrected chi connectivity index (χ3v) is 7.04. The van der Waals surface area contributed by atoms with Crippen LogP contribution in [-0.4, -0.2) is 44.4 Å². The lowest BCUT2D eigenvalue weighted by molar-refractivity contribution is -0.0913. The van der Waals surface area contributed by atoms with E-state index in [1.165, 1.54) is 6.33 Å². The van der Waals surface area contributed by atoms with Crippen molar-refractivity contribution in [2.45, 2.75) is 44.4 Å². The molecular formula is C31H28FN7O4. The predicted octanol–water partition coefficient (Wildman–Crippen LogP) is 6.19. The van der Waals surface area contributed by atoms with Gasteiger partial charge in [0.15, 0.2) is 17.7 Å². The molecular weight excluding hydrogens is 553 g/mol. The monoisotopic (exact) mass is 581 g/mol. The fourth-order valence-electron chi connectivity index (χ4n) is 5.02. The molecule has 0 bridgehead atoms. The van der Waals surface area contributed by atoms with Crippen molar-refractivity contribution in [2.75, 3.05) is 6.61 Å². The highest BCUT2D eigenvalue weighted by atomic mass is 19.1. The number of nitrogens with zero attached hydrogens (tertiary/aromatic N) is 7. The van der Waals surface area contributed by atoms with E-state index in [1.54, 1.807) is 4.57 Å². The maximum absolute atomic E-state index is 14.5. The summed E-state index contributed by atoms with van der Waals surface area (Å²) in [5, 5.41) is 3.49. The molecule has 0 N–H and O–H groups in total. The molecule has 0 radical (unpaired) electrons. The van der Waals surface area contributed by atoms with Crippen molar-refractivity contribution in [2.24, 2.45) is 5.11 Å². The molecule has 4 atom stereocenters. The van der Waals surface area contributed by atoms with Gasteiger partial charge in [0.25, 0.3) is 0 Å². The van der Waals surface area contributed by atoms with Crippen LogP contribution in [0.15, 0.2) is 102 Å². The molecule has 0 amide bonds. The van der Waals surface area contributed by atoms with Crippen molar-refractivity contribution < 1.29 is 23.3 Å². The fourth-order valence-corrected chi connectivity index (χ4v) is 5.02. The summed E-state index contributed by atoms with van der Waals surface area (Å²) in [6, 6.07) is 29.4. The number of halogens is 1. The first-order valence-corrected chi connectivity index (χ1v) is 13.7. The van der Waals surface area contributed by atoms with Gasteiger partial charge in [-0.2, -0.15) is 14.4 Å². The maximum Gasteiger partial charge on any atom is 0.311 e. The summed E-state index contributed by atoms with van der Waals surface area (Å²) in [5.74, 6) is -0.219. The smallest absolute Gasteiger partial charge is 0.311 e. The van der Waals surface area contributed by atoms with Crippen LogP contribution < -0.4 is 0 Å². The van der Waals surface area contributed by atoms with Gasteiger partial charge in [-0.05, 0) is 27.3 Å². The second kappa shape index (κ2) is 13.5. The Kier molecular flexibility index (Phi) is 8.93. The predicted molar refractivity (Wildman–Crippen MR) is 154 cm³/mol. The zero-order chi connectivity index (χ0) is 29.4. The molecule has 1 aliphatic heterocycles. The first kappa shape index (κ1) is 28.4. The van der Waals surface area contributed by atoms with Gasteiger partial charge >= 0.3 is 6.08 Å². The number of rotatable bonds is 12. The van der Waals surface area contributed by atoms with Gasteiger partial charge in [0, 0.05) is 4.91 Å². The van der Waals surface area contributed by atoms with Gasteiger partial charge in [0.2, 0.25) is 0 Å². The minimum atomic E-state index is -1.06. The number of hydrogen-bond donors (Lipinski definition) is 0. The second-order valence-corrected chi connectivity index (χ2v) is 9.92. The zero-order valence-electron chi connectivity index (χ0n) is 23.0. The number of azide groups is 1. The van der Waals surface area contributed by atoms with Gasteiger partial charge in [-0.15, -0.1) is 0 Å². The summed E-state index contributed by atoms with van der Waals surface area (Å²) in [6.07, 6.45) is -2.25. The van der Waals surface area contributed by atoms with Gasteiger partial charge in [-0.3, -0.25) is 4.57 Å². The lowest BCUT2D eigenvalue weighted by Gasteiger charge is -2.25. The fraction of sp³-hybridized carbons (Fsp3) is 0.258. The van der Waals surface area contributed by atoms with Gasteiger partial charge in [0.05, 0.1) is 32.8 Å². The molecule has 2 aromatic heterocycles. The molecule has 0 aliphatic carbocycles. The molecule has 3 aromatic carbocycles. The maximum atomic E-state index is 14.5. The molecule has 1 fully saturated rings. The van der Waals surface area contributed by atoms with E-state index in [-0.39, 0.29) is 30.2 Å².